The lowest BCUT2D eigenvalue weighted by Gasteiger charge is -2.12. The SMILES string of the molecule is C=CCBr.C=CCC(N=C(c1ccccc1)c1ccccc1)C(N)=O.NC(=O)C=NC(c1ccccc1)c1ccccc1. The summed E-state index contributed by atoms with van der Waals surface area (Å²) in [6.07, 6.45) is 5.05. The number of allylic oxidation sites excluding steroid dienone is 1. The maximum Gasteiger partial charge on any atom is 0.259 e. The van der Waals surface area contributed by atoms with Crippen LogP contribution in [0.1, 0.15) is 34.7 Å². The van der Waals surface area contributed by atoms with Gasteiger partial charge in [-0.15, -0.1) is 13.2 Å². The van der Waals surface area contributed by atoms with E-state index in [2.05, 4.69) is 39.1 Å². The van der Waals surface area contributed by atoms with E-state index >= 15 is 0 Å². The van der Waals surface area contributed by atoms with Crippen molar-refractivity contribution in [3.63, 3.8) is 0 Å². The number of carbonyl (C=O) groups is 2. The first kappa shape index (κ1) is 34.3. The van der Waals surface area contributed by atoms with Gasteiger partial charge in [0.05, 0.1) is 11.9 Å². The van der Waals surface area contributed by atoms with Gasteiger partial charge < -0.3 is 11.5 Å². The van der Waals surface area contributed by atoms with E-state index in [1.54, 1.807) is 12.2 Å². The molecule has 0 aliphatic carbocycles. The first-order valence-corrected chi connectivity index (χ1v) is 14.7. The molecule has 4 aromatic carbocycles. The summed E-state index contributed by atoms with van der Waals surface area (Å²) in [6, 6.07) is 38.4. The fourth-order valence-electron chi connectivity index (χ4n) is 3.84. The Morgan fingerprint density at radius 2 is 1.09 bits per heavy atom. The number of primary amides is 2. The normalized spacial score (nSPS) is 10.7. The number of amides is 2. The highest BCUT2D eigenvalue weighted by molar-refractivity contribution is 9.09. The maximum atomic E-state index is 11.6. The standard InChI is InChI=1S/C18H18N2O.C15H14N2O.C3H5Br/c1-2-9-16(18(19)21)20-17(14-10-5-3-6-11-14)15-12-7-4-8-13-15;16-14(18)11-17-15(12-7-3-1-4-8-12)13-9-5-2-6-10-13;1-2-3-4/h2-8,10-13,16H,1,9H2,(H2,19,21);1-11,15H,(H2,16,18);2H,1,3H2. The van der Waals surface area contributed by atoms with Gasteiger partial charge in [-0.1, -0.05) is 149 Å². The van der Waals surface area contributed by atoms with Crippen LogP contribution < -0.4 is 11.5 Å². The summed E-state index contributed by atoms with van der Waals surface area (Å²) in [6.45, 7) is 7.09. The minimum absolute atomic E-state index is 0.195. The van der Waals surface area contributed by atoms with Gasteiger partial charge in [0, 0.05) is 16.5 Å². The van der Waals surface area contributed by atoms with Gasteiger partial charge in [-0.05, 0) is 17.5 Å². The highest BCUT2D eigenvalue weighted by Gasteiger charge is 2.15. The summed E-state index contributed by atoms with van der Waals surface area (Å²) in [5, 5.41) is 0.896. The molecule has 43 heavy (non-hydrogen) atoms. The number of hydrogen-bond donors (Lipinski definition) is 2. The predicted octanol–water partition coefficient (Wildman–Crippen LogP) is 6.85. The predicted molar refractivity (Wildman–Crippen MR) is 183 cm³/mol. The molecule has 0 saturated carbocycles. The van der Waals surface area contributed by atoms with E-state index in [0.717, 1.165) is 33.3 Å². The van der Waals surface area contributed by atoms with Crippen molar-refractivity contribution in [1.82, 2.24) is 0 Å². The van der Waals surface area contributed by atoms with Gasteiger partial charge in [0.1, 0.15) is 12.1 Å². The van der Waals surface area contributed by atoms with Gasteiger partial charge in [-0.25, -0.2) is 0 Å². The molecule has 0 radical (unpaired) electrons. The molecule has 0 fully saturated rings. The Hall–Kier alpha value is -4.88. The van der Waals surface area contributed by atoms with Gasteiger partial charge in [0.2, 0.25) is 5.91 Å². The van der Waals surface area contributed by atoms with Crippen LogP contribution in [-0.2, 0) is 9.59 Å². The molecule has 4 rings (SSSR count). The van der Waals surface area contributed by atoms with E-state index in [1.165, 1.54) is 6.21 Å². The van der Waals surface area contributed by atoms with Crippen molar-refractivity contribution in [3.05, 3.63) is 169 Å². The molecular weight excluding hydrogens is 600 g/mol. The van der Waals surface area contributed by atoms with Gasteiger partial charge in [0.25, 0.3) is 5.91 Å². The number of benzene rings is 4. The average molecular weight is 638 g/mol. The second kappa shape index (κ2) is 20.1. The Balaban J connectivity index is 0.000000269. The topological polar surface area (TPSA) is 111 Å². The van der Waals surface area contributed by atoms with Crippen molar-refractivity contribution in [3.8, 4) is 0 Å². The van der Waals surface area contributed by atoms with Gasteiger partial charge in [-0.3, -0.25) is 19.6 Å². The third kappa shape index (κ3) is 12.7. The molecule has 0 aliphatic heterocycles. The highest BCUT2D eigenvalue weighted by atomic mass is 79.9. The molecule has 0 heterocycles. The summed E-state index contributed by atoms with van der Waals surface area (Å²) >= 11 is 3.13. The Kier molecular flexibility index (Phi) is 16.0. The molecule has 0 aliphatic rings. The van der Waals surface area contributed by atoms with Crippen LogP contribution in [0.25, 0.3) is 0 Å². The van der Waals surface area contributed by atoms with E-state index in [9.17, 15) is 9.59 Å². The summed E-state index contributed by atoms with van der Waals surface area (Å²) < 4.78 is 0. The number of rotatable bonds is 11. The fourth-order valence-corrected chi connectivity index (χ4v) is 3.84. The molecule has 4 N–H and O–H groups in total. The number of nitrogens with two attached hydrogens (primary N) is 2. The van der Waals surface area contributed by atoms with Crippen molar-refractivity contribution in [2.75, 3.05) is 5.33 Å². The molecule has 0 bridgehead atoms. The van der Waals surface area contributed by atoms with Crippen LogP contribution in [0, 0.1) is 0 Å². The maximum absolute atomic E-state index is 11.6. The molecule has 4 aromatic rings. The summed E-state index contributed by atoms with van der Waals surface area (Å²) in [7, 11) is 0. The summed E-state index contributed by atoms with van der Waals surface area (Å²) in [5.41, 5.74) is 15.3. The zero-order valence-electron chi connectivity index (χ0n) is 24.0. The number of aliphatic imine (C=N–C) groups is 2. The largest absolute Gasteiger partial charge is 0.368 e. The monoisotopic (exact) mass is 636 g/mol. The van der Waals surface area contributed by atoms with E-state index in [-0.39, 0.29) is 6.04 Å². The van der Waals surface area contributed by atoms with E-state index in [1.807, 2.05) is 121 Å². The van der Waals surface area contributed by atoms with Crippen LogP contribution in [0.2, 0.25) is 0 Å². The highest BCUT2D eigenvalue weighted by Crippen LogP contribution is 2.25. The molecule has 1 atom stereocenters. The molecule has 2 amide bonds. The Labute approximate surface area is 262 Å². The lowest BCUT2D eigenvalue weighted by Crippen LogP contribution is -2.28. The fraction of sp³-hybridized carbons (Fsp3) is 0.111. The average Bonchev–Trinajstić information content (AvgIpc) is 3.05. The van der Waals surface area contributed by atoms with Crippen LogP contribution in [0.4, 0.5) is 0 Å². The number of alkyl halides is 1. The first-order chi connectivity index (χ1) is 20.9. The number of nitrogens with zero attached hydrogens (tertiary/aromatic N) is 2. The second-order valence-corrected chi connectivity index (χ2v) is 9.65. The van der Waals surface area contributed by atoms with Gasteiger partial charge >= 0.3 is 0 Å². The van der Waals surface area contributed by atoms with Gasteiger partial charge in [-0.2, -0.15) is 0 Å². The molecule has 6 nitrogen and oxygen atoms in total. The summed E-state index contributed by atoms with van der Waals surface area (Å²) in [5.74, 6) is -0.980. The van der Waals surface area contributed by atoms with Crippen LogP contribution in [0.3, 0.4) is 0 Å². The second-order valence-electron chi connectivity index (χ2n) is 9.00. The smallest absolute Gasteiger partial charge is 0.259 e. The first-order valence-electron chi connectivity index (χ1n) is 13.6. The molecular formula is C36H37BrN4O2. The zero-order chi connectivity index (χ0) is 31.3. The van der Waals surface area contributed by atoms with Crippen molar-refractivity contribution >= 4 is 39.7 Å². The lowest BCUT2D eigenvalue weighted by atomic mass is 9.99. The molecule has 7 heteroatoms. The van der Waals surface area contributed by atoms with Crippen molar-refractivity contribution in [1.29, 1.82) is 0 Å². The van der Waals surface area contributed by atoms with E-state index in [0.29, 0.717) is 6.42 Å². The number of halogens is 1. The minimum atomic E-state index is -0.599. The summed E-state index contributed by atoms with van der Waals surface area (Å²) in [4.78, 5) is 31.2. The number of hydrogen-bond acceptors (Lipinski definition) is 4. The Morgan fingerprint density at radius 3 is 1.42 bits per heavy atom. The van der Waals surface area contributed by atoms with Crippen molar-refractivity contribution < 1.29 is 9.59 Å². The van der Waals surface area contributed by atoms with Gasteiger partial charge in [0.15, 0.2) is 0 Å². The molecule has 0 spiro atoms. The minimum Gasteiger partial charge on any atom is -0.368 e. The van der Waals surface area contributed by atoms with Crippen molar-refractivity contribution in [2.45, 2.75) is 18.5 Å². The molecule has 1 unspecified atom stereocenters. The van der Waals surface area contributed by atoms with Crippen LogP contribution in [-0.4, -0.2) is 35.1 Å². The zero-order valence-corrected chi connectivity index (χ0v) is 25.6. The third-order valence-electron chi connectivity index (χ3n) is 5.79. The molecule has 220 valence electrons. The Morgan fingerprint density at radius 1 is 0.698 bits per heavy atom. The van der Waals surface area contributed by atoms with Crippen molar-refractivity contribution in [2.24, 2.45) is 21.5 Å². The third-order valence-corrected chi connectivity index (χ3v) is 6.25. The number of carbonyl (C=O) groups excluding carboxylic acids is 2. The lowest BCUT2D eigenvalue weighted by molar-refractivity contribution is -0.119. The van der Waals surface area contributed by atoms with E-state index < -0.39 is 17.9 Å². The van der Waals surface area contributed by atoms with Crippen LogP contribution in [0.5, 0.6) is 0 Å². The van der Waals surface area contributed by atoms with Crippen LogP contribution >= 0.6 is 15.9 Å². The van der Waals surface area contributed by atoms with E-state index in [4.69, 9.17) is 11.5 Å². The Bertz CT molecular complexity index is 1380. The quantitative estimate of drug-likeness (QED) is 0.107. The van der Waals surface area contributed by atoms with Crippen LogP contribution in [0.15, 0.2) is 157 Å². The molecule has 0 aromatic heterocycles. The molecule has 0 saturated heterocycles.